The molecular weight excluding hydrogens is 302 g/mol. The lowest BCUT2D eigenvalue weighted by atomic mass is 9.80. The molecule has 0 heterocycles. The number of carbonyl (C=O) groups is 2. The summed E-state index contributed by atoms with van der Waals surface area (Å²) in [6, 6.07) is 7.56. The highest BCUT2D eigenvalue weighted by molar-refractivity contribution is 5.92. The van der Waals surface area contributed by atoms with E-state index in [0.29, 0.717) is 0 Å². The van der Waals surface area contributed by atoms with Gasteiger partial charge in [-0.25, -0.2) is 0 Å². The van der Waals surface area contributed by atoms with E-state index in [-0.39, 0.29) is 24.4 Å². The molecule has 0 aliphatic heterocycles. The largest absolute Gasteiger partial charge is 0.455 e. The highest BCUT2D eigenvalue weighted by Crippen LogP contribution is 2.32. The molecule has 1 fully saturated rings. The van der Waals surface area contributed by atoms with Gasteiger partial charge in [0.2, 0.25) is 0 Å². The quantitative estimate of drug-likeness (QED) is 0.750. The number of ether oxygens (including phenoxy) is 1. The van der Waals surface area contributed by atoms with Crippen LogP contribution in [-0.2, 0) is 14.3 Å². The van der Waals surface area contributed by atoms with E-state index < -0.39 is 0 Å². The lowest BCUT2D eigenvalue weighted by Crippen LogP contribution is -2.27. The van der Waals surface area contributed by atoms with E-state index in [2.05, 4.69) is 12.2 Å². The van der Waals surface area contributed by atoms with Crippen LogP contribution in [0.2, 0.25) is 0 Å². The van der Waals surface area contributed by atoms with Gasteiger partial charge in [0.25, 0.3) is 5.91 Å². The van der Waals surface area contributed by atoms with Crippen molar-refractivity contribution < 1.29 is 14.3 Å². The molecule has 0 atom stereocenters. The summed E-state index contributed by atoms with van der Waals surface area (Å²) in [5, 5.41) is 2.76. The number of anilines is 1. The number of nitrogens with one attached hydrogen (secondary N) is 1. The highest BCUT2D eigenvalue weighted by atomic mass is 16.5. The SMILES string of the molecule is CCCCC1CCC(C(=O)OCC(=O)Nc2cccc(C)c2)CC1. The molecule has 1 saturated carbocycles. The van der Waals surface area contributed by atoms with Crippen LogP contribution in [0.3, 0.4) is 0 Å². The number of amides is 1. The second-order valence-electron chi connectivity index (χ2n) is 6.89. The van der Waals surface area contributed by atoms with Gasteiger partial charge in [-0.15, -0.1) is 0 Å². The Morgan fingerprint density at radius 1 is 1.21 bits per heavy atom. The first-order valence-corrected chi connectivity index (χ1v) is 9.11. The molecule has 4 nitrogen and oxygen atoms in total. The van der Waals surface area contributed by atoms with Crippen molar-refractivity contribution in [1.29, 1.82) is 0 Å². The second-order valence-corrected chi connectivity index (χ2v) is 6.89. The van der Waals surface area contributed by atoms with E-state index in [9.17, 15) is 9.59 Å². The maximum Gasteiger partial charge on any atom is 0.309 e. The number of hydrogen-bond acceptors (Lipinski definition) is 3. The Kier molecular flexibility index (Phi) is 7.29. The van der Waals surface area contributed by atoms with Gasteiger partial charge in [-0.05, 0) is 56.2 Å². The van der Waals surface area contributed by atoms with Gasteiger partial charge in [0.15, 0.2) is 6.61 Å². The topological polar surface area (TPSA) is 55.4 Å². The Hall–Kier alpha value is -1.84. The van der Waals surface area contributed by atoms with Gasteiger partial charge in [-0.1, -0.05) is 38.3 Å². The number of unbranched alkanes of at least 4 members (excludes halogenated alkanes) is 1. The van der Waals surface area contributed by atoms with Crippen molar-refractivity contribution in [2.45, 2.75) is 58.8 Å². The molecule has 1 aliphatic carbocycles. The van der Waals surface area contributed by atoms with Crippen LogP contribution in [0, 0.1) is 18.8 Å². The summed E-state index contributed by atoms with van der Waals surface area (Å²) >= 11 is 0. The van der Waals surface area contributed by atoms with Crippen molar-refractivity contribution in [1.82, 2.24) is 0 Å². The van der Waals surface area contributed by atoms with Gasteiger partial charge >= 0.3 is 5.97 Å². The van der Waals surface area contributed by atoms with Crippen LogP contribution in [0.15, 0.2) is 24.3 Å². The third-order valence-corrected chi connectivity index (χ3v) is 4.79. The zero-order valence-electron chi connectivity index (χ0n) is 14.8. The molecule has 2 rings (SSSR count). The summed E-state index contributed by atoms with van der Waals surface area (Å²) in [6.45, 7) is 3.97. The summed E-state index contributed by atoms with van der Waals surface area (Å²) in [7, 11) is 0. The van der Waals surface area contributed by atoms with Crippen molar-refractivity contribution in [2.24, 2.45) is 11.8 Å². The molecule has 0 bridgehead atoms. The van der Waals surface area contributed by atoms with Crippen LogP contribution < -0.4 is 5.32 Å². The minimum atomic E-state index is -0.286. The Bertz CT molecular complexity index is 548. The normalized spacial score (nSPS) is 20.4. The van der Waals surface area contributed by atoms with Gasteiger partial charge in [-0.3, -0.25) is 9.59 Å². The van der Waals surface area contributed by atoms with Crippen LogP contribution in [-0.4, -0.2) is 18.5 Å². The summed E-state index contributed by atoms with van der Waals surface area (Å²) in [5.41, 5.74) is 1.80. The van der Waals surface area contributed by atoms with Crippen LogP contribution in [0.1, 0.15) is 57.4 Å². The monoisotopic (exact) mass is 331 g/mol. The van der Waals surface area contributed by atoms with Crippen LogP contribution in [0.25, 0.3) is 0 Å². The van der Waals surface area contributed by atoms with Gasteiger partial charge in [0.1, 0.15) is 0 Å². The third-order valence-electron chi connectivity index (χ3n) is 4.79. The average molecular weight is 331 g/mol. The molecule has 132 valence electrons. The first-order valence-electron chi connectivity index (χ1n) is 9.11. The minimum Gasteiger partial charge on any atom is -0.455 e. The molecule has 0 radical (unpaired) electrons. The molecule has 1 aliphatic rings. The Labute approximate surface area is 145 Å². The van der Waals surface area contributed by atoms with Crippen LogP contribution >= 0.6 is 0 Å². The summed E-state index contributed by atoms with van der Waals surface area (Å²) in [4.78, 5) is 24.0. The molecule has 1 amide bonds. The average Bonchev–Trinajstić information content (AvgIpc) is 2.58. The van der Waals surface area contributed by atoms with Gasteiger partial charge < -0.3 is 10.1 Å². The molecule has 1 aromatic carbocycles. The maximum atomic E-state index is 12.1. The number of rotatable bonds is 7. The number of hydrogen-bond donors (Lipinski definition) is 1. The van der Waals surface area contributed by atoms with Crippen molar-refractivity contribution >= 4 is 17.6 Å². The first kappa shape index (κ1) is 18.5. The predicted molar refractivity (Wildman–Crippen MR) is 95.7 cm³/mol. The lowest BCUT2D eigenvalue weighted by molar-refractivity contribution is -0.152. The zero-order chi connectivity index (χ0) is 17.4. The van der Waals surface area contributed by atoms with Crippen LogP contribution in [0.4, 0.5) is 5.69 Å². The zero-order valence-corrected chi connectivity index (χ0v) is 14.8. The van der Waals surface area contributed by atoms with Crippen molar-refractivity contribution in [2.75, 3.05) is 11.9 Å². The van der Waals surface area contributed by atoms with E-state index in [4.69, 9.17) is 4.74 Å². The summed E-state index contributed by atoms with van der Waals surface area (Å²) in [6.07, 6.45) is 7.79. The Balaban J connectivity index is 1.68. The molecule has 0 aromatic heterocycles. The van der Waals surface area contributed by atoms with Gasteiger partial charge in [0, 0.05) is 5.69 Å². The predicted octanol–water partition coefficient (Wildman–Crippen LogP) is 4.47. The Morgan fingerprint density at radius 3 is 2.62 bits per heavy atom. The highest BCUT2D eigenvalue weighted by Gasteiger charge is 2.27. The van der Waals surface area contributed by atoms with Gasteiger partial charge in [-0.2, -0.15) is 0 Å². The number of aryl methyl sites for hydroxylation is 1. The maximum absolute atomic E-state index is 12.1. The van der Waals surface area contributed by atoms with Crippen molar-refractivity contribution in [3.8, 4) is 0 Å². The molecule has 1 aromatic rings. The standard InChI is InChI=1S/C20H29NO3/c1-3-4-7-16-9-11-17(12-10-16)20(23)24-14-19(22)21-18-8-5-6-15(2)13-18/h5-6,8,13,16-17H,3-4,7,9-12,14H2,1-2H3,(H,21,22). The molecule has 0 saturated heterocycles. The Morgan fingerprint density at radius 2 is 1.96 bits per heavy atom. The van der Waals surface area contributed by atoms with E-state index in [0.717, 1.165) is 42.9 Å². The lowest BCUT2D eigenvalue weighted by Gasteiger charge is -2.27. The number of benzene rings is 1. The molecule has 0 unspecified atom stereocenters. The fraction of sp³-hybridized carbons (Fsp3) is 0.600. The van der Waals surface area contributed by atoms with E-state index >= 15 is 0 Å². The van der Waals surface area contributed by atoms with E-state index in [1.165, 1.54) is 19.3 Å². The fourth-order valence-corrected chi connectivity index (χ4v) is 3.35. The molecule has 24 heavy (non-hydrogen) atoms. The van der Waals surface area contributed by atoms with E-state index in [1.807, 2.05) is 31.2 Å². The third kappa shape index (κ3) is 5.99. The minimum absolute atomic E-state index is 0.0327. The number of esters is 1. The van der Waals surface area contributed by atoms with Crippen molar-refractivity contribution in [3.05, 3.63) is 29.8 Å². The van der Waals surface area contributed by atoms with E-state index in [1.54, 1.807) is 0 Å². The fourth-order valence-electron chi connectivity index (χ4n) is 3.35. The smallest absolute Gasteiger partial charge is 0.309 e. The number of carbonyl (C=O) groups excluding carboxylic acids is 2. The molecule has 4 heteroatoms. The summed E-state index contributed by atoms with van der Waals surface area (Å²) in [5.74, 6) is 0.224. The molecular formula is C20H29NO3. The van der Waals surface area contributed by atoms with Gasteiger partial charge in [0.05, 0.1) is 5.92 Å². The molecule has 0 spiro atoms. The summed E-state index contributed by atoms with van der Waals surface area (Å²) < 4.78 is 5.21. The van der Waals surface area contributed by atoms with Crippen LogP contribution in [0.5, 0.6) is 0 Å². The first-order chi connectivity index (χ1) is 11.6. The second kappa shape index (κ2) is 9.45. The van der Waals surface area contributed by atoms with Crippen molar-refractivity contribution in [3.63, 3.8) is 0 Å². The molecule has 1 N–H and O–H groups in total.